The van der Waals surface area contributed by atoms with E-state index in [4.69, 9.17) is 0 Å². The monoisotopic (exact) mass is 511 g/mol. The topological polar surface area (TPSA) is 53.7 Å². The summed E-state index contributed by atoms with van der Waals surface area (Å²) in [6.45, 7) is 0.539. The van der Waals surface area contributed by atoms with Gasteiger partial charge in [-0.1, -0.05) is 72.4 Å². The number of carbonyl (C=O) groups is 1. The number of amidine groups is 1. The van der Waals surface area contributed by atoms with Gasteiger partial charge >= 0.3 is 0 Å². The lowest BCUT2D eigenvalue weighted by molar-refractivity contribution is -0.122. The molecule has 4 aromatic rings. The van der Waals surface area contributed by atoms with Crippen LogP contribution in [0, 0.1) is 0 Å². The predicted molar refractivity (Wildman–Crippen MR) is 149 cm³/mol. The Kier molecular flexibility index (Phi) is 7.25. The van der Waals surface area contributed by atoms with Crippen LogP contribution >= 0.6 is 23.5 Å². The zero-order chi connectivity index (χ0) is 24.9. The number of nitrogens with zero attached hydrogens (tertiary/aromatic N) is 5. The Morgan fingerprint density at radius 2 is 1.58 bits per heavy atom. The average molecular weight is 512 g/mol. The number of imidazole rings is 1. The predicted octanol–water partition coefficient (Wildman–Crippen LogP) is 6.03. The molecule has 0 bridgehead atoms. The first kappa shape index (κ1) is 24.0. The maximum atomic E-state index is 13.1. The lowest BCUT2D eigenvalue weighted by Gasteiger charge is -2.16. The van der Waals surface area contributed by atoms with Gasteiger partial charge in [-0.15, -0.1) is 0 Å². The zero-order valence-corrected chi connectivity index (χ0v) is 21.6. The molecule has 0 spiro atoms. The minimum Gasteiger partial charge on any atom is -0.337 e. The highest BCUT2D eigenvalue weighted by atomic mass is 32.2. The second kappa shape index (κ2) is 10.9. The van der Waals surface area contributed by atoms with Gasteiger partial charge in [-0.2, -0.15) is 0 Å². The summed E-state index contributed by atoms with van der Waals surface area (Å²) in [5.41, 5.74) is 3.38. The van der Waals surface area contributed by atoms with Gasteiger partial charge in [-0.3, -0.25) is 14.7 Å². The van der Waals surface area contributed by atoms with Gasteiger partial charge in [0.05, 0.1) is 23.6 Å². The fourth-order valence-electron chi connectivity index (χ4n) is 3.92. The second-order valence-electron chi connectivity index (χ2n) is 8.05. The Balaban J connectivity index is 0.000000202. The van der Waals surface area contributed by atoms with Crippen LogP contribution in [0.2, 0.25) is 0 Å². The number of thioether (sulfide) groups is 2. The van der Waals surface area contributed by atoms with E-state index in [-0.39, 0.29) is 5.91 Å². The van der Waals surface area contributed by atoms with Crippen LogP contribution in [0.15, 0.2) is 123 Å². The first-order valence-electron chi connectivity index (χ1n) is 11.4. The Bertz CT molecular complexity index is 1400. The summed E-state index contributed by atoms with van der Waals surface area (Å²) in [5.74, 6) is 0.0246. The van der Waals surface area contributed by atoms with Gasteiger partial charge in [-0.05, 0) is 41.6 Å². The molecule has 0 atom stereocenters. The zero-order valence-electron chi connectivity index (χ0n) is 20.0. The van der Waals surface area contributed by atoms with Crippen molar-refractivity contribution in [1.29, 1.82) is 0 Å². The number of hydrogen-bond donors (Lipinski definition) is 0. The van der Waals surface area contributed by atoms with Crippen molar-refractivity contribution in [1.82, 2.24) is 14.5 Å². The molecule has 1 fully saturated rings. The number of anilines is 1. The molecule has 0 N–H and O–H groups in total. The first-order valence-corrected chi connectivity index (χ1v) is 13.1. The summed E-state index contributed by atoms with van der Waals surface area (Å²) in [7, 11) is 3.75. The normalized spacial score (nSPS) is 17.8. The molecule has 36 heavy (non-hydrogen) atoms. The van der Waals surface area contributed by atoms with Crippen molar-refractivity contribution >= 4 is 40.3 Å². The minimum atomic E-state index is 0.0246. The molecule has 3 aromatic carbocycles. The summed E-state index contributed by atoms with van der Waals surface area (Å²) in [4.78, 5) is 27.2. The van der Waals surface area contributed by atoms with Crippen molar-refractivity contribution in [2.75, 3.05) is 19.0 Å². The van der Waals surface area contributed by atoms with Crippen molar-refractivity contribution in [2.24, 2.45) is 4.99 Å². The molecule has 3 heterocycles. The molecular weight excluding hydrogens is 486 g/mol. The number of aromatic nitrogens is 2. The standard InChI is InChI=1S/C19H17N3OS2.C9H8N2/c1-20-19-22(12-13-8-4-3-5-9-13)17(23)16(25-19)18-21(2)14-10-6-7-11-15(14)24-18;1-2-4-9(5-3-1)11-7-6-10-8-11/h3-11H,12H2,1-2H3;1-8H/b18-16-,20-19?;. The van der Waals surface area contributed by atoms with E-state index in [0.717, 1.165) is 32.0 Å². The van der Waals surface area contributed by atoms with Gasteiger partial charge < -0.3 is 9.47 Å². The number of carbonyl (C=O) groups excluding carboxylic acids is 1. The lowest BCUT2D eigenvalue weighted by atomic mass is 10.2. The Morgan fingerprint density at radius 1 is 0.889 bits per heavy atom. The largest absolute Gasteiger partial charge is 0.337 e. The van der Waals surface area contributed by atoms with Crippen LogP contribution in [0.3, 0.4) is 0 Å². The van der Waals surface area contributed by atoms with E-state index in [1.54, 1.807) is 36.2 Å². The summed E-state index contributed by atoms with van der Waals surface area (Å²) in [5, 5.41) is 1.73. The van der Waals surface area contributed by atoms with E-state index in [1.165, 1.54) is 16.7 Å². The van der Waals surface area contributed by atoms with E-state index in [0.29, 0.717) is 6.54 Å². The van der Waals surface area contributed by atoms with Crippen LogP contribution in [0.1, 0.15) is 5.56 Å². The van der Waals surface area contributed by atoms with Crippen molar-refractivity contribution in [3.8, 4) is 5.69 Å². The molecule has 6 nitrogen and oxygen atoms in total. The molecule has 180 valence electrons. The minimum absolute atomic E-state index is 0.0246. The van der Waals surface area contributed by atoms with E-state index >= 15 is 0 Å². The molecule has 1 amide bonds. The maximum absolute atomic E-state index is 13.1. The summed E-state index contributed by atoms with van der Waals surface area (Å²) < 4.78 is 1.97. The van der Waals surface area contributed by atoms with E-state index in [9.17, 15) is 4.79 Å². The molecule has 2 aliphatic rings. The molecule has 1 saturated heterocycles. The summed E-state index contributed by atoms with van der Waals surface area (Å²) in [6.07, 6.45) is 5.48. The number of para-hydroxylation sites is 2. The quantitative estimate of drug-likeness (QED) is 0.314. The van der Waals surface area contributed by atoms with Crippen LogP contribution in [0.25, 0.3) is 5.69 Å². The van der Waals surface area contributed by atoms with Crippen LogP contribution < -0.4 is 4.90 Å². The molecular formula is C28H25N5OS2. The van der Waals surface area contributed by atoms with Crippen LogP contribution in [-0.2, 0) is 11.3 Å². The van der Waals surface area contributed by atoms with Crippen molar-refractivity contribution in [3.05, 3.63) is 119 Å². The van der Waals surface area contributed by atoms with E-state index in [2.05, 4.69) is 27.0 Å². The highest BCUT2D eigenvalue weighted by molar-refractivity contribution is 8.19. The molecule has 0 saturated carbocycles. The molecule has 0 aliphatic carbocycles. The fourth-order valence-corrected chi connectivity index (χ4v) is 6.20. The van der Waals surface area contributed by atoms with Gasteiger partial charge in [0.15, 0.2) is 5.17 Å². The van der Waals surface area contributed by atoms with Crippen LogP contribution in [-0.4, -0.2) is 39.6 Å². The van der Waals surface area contributed by atoms with Gasteiger partial charge in [0.25, 0.3) is 5.91 Å². The Morgan fingerprint density at radius 3 is 2.25 bits per heavy atom. The van der Waals surface area contributed by atoms with Gasteiger partial charge in [0.1, 0.15) is 4.91 Å². The number of rotatable bonds is 3. The van der Waals surface area contributed by atoms with Crippen molar-refractivity contribution in [3.63, 3.8) is 0 Å². The number of benzene rings is 3. The van der Waals surface area contributed by atoms with Crippen molar-refractivity contribution < 1.29 is 4.79 Å². The summed E-state index contributed by atoms with van der Waals surface area (Å²) in [6, 6.07) is 28.3. The fraction of sp³-hybridized carbons (Fsp3) is 0.107. The van der Waals surface area contributed by atoms with Crippen LogP contribution in [0.5, 0.6) is 0 Å². The lowest BCUT2D eigenvalue weighted by Crippen LogP contribution is -2.29. The van der Waals surface area contributed by atoms with Gasteiger partial charge in [-0.25, -0.2) is 4.98 Å². The highest BCUT2D eigenvalue weighted by Crippen LogP contribution is 2.49. The molecule has 0 radical (unpaired) electrons. The van der Waals surface area contributed by atoms with Crippen molar-refractivity contribution in [2.45, 2.75) is 11.4 Å². The number of hydrogen-bond acceptors (Lipinski definition) is 6. The molecule has 8 heteroatoms. The number of amides is 1. The van der Waals surface area contributed by atoms with Gasteiger partial charge in [0.2, 0.25) is 0 Å². The van der Waals surface area contributed by atoms with E-state index < -0.39 is 0 Å². The van der Waals surface area contributed by atoms with E-state index in [1.807, 2.05) is 90.6 Å². The number of fused-ring (bicyclic) bond motifs is 1. The third-order valence-electron chi connectivity index (χ3n) is 5.73. The molecule has 1 aromatic heterocycles. The Hall–Kier alpha value is -3.75. The smallest absolute Gasteiger partial charge is 0.269 e. The molecule has 6 rings (SSSR count). The Labute approximate surface area is 219 Å². The highest BCUT2D eigenvalue weighted by Gasteiger charge is 2.38. The third kappa shape index (κ3) is 4.96. The first-order chi connectivity index (χ1) is 17.7. The number of aliphatic imine (C=N–C) groups is 1. The van der Waals surface area contributed by atoms with Gasteiger partial charge in [0, 0.05) is 37.1 Å². The second-order valence-corrected chi connectivity index (χ2v) is 10.1. The molecule has 0 unspecified atom stereocenters. The van der Waals surface area contributed by atoms with Crippen LogP contribution in [0.4, 0.5) is 5.69 Å². The summed E-state index contributed by atoms with van der Waals surface area (Å²) >= 11 is 3.11. The molecule has 2 aliphatic heterocycles. The maximum Gasteiger partial charge on any atom is 0.269 e. The SMILES string of the molecule is CN=C1S/C(=C2\Sc3ccccc3N2C)C(=O)N1Cc1ccccc1.c1ccc(-n2ccnc2)cc1. The third-order valence-corrected chi connectivity index (χ3v) is 8.25. The average Bonchev–Trinajstić information content (AvgIpc) is 3.65.